The highest BCUT2D eigenvalue weighted by Gasteiger charge is 2.16. The zero-order valence-electron chi connectivity index (χ0n) is 19.0. The lowest BCUT2D eigenvalue weighted by Gasteiger charge is -2.19. The fraction of sp³-hybridized carbons (Fsp3) is 0.440. The predicted octanol–water partition coefficient (Wildman–Crippen LogP) is 4.88. The van der Waals surface area contributed by atoms with Crippen molar-refractivity contribution in [1.82, 2.24) is 15.1 Å². The molecule has 0 saturated carbocycles. The first-order valence-electron chi connectivity index (χ1n) is 10.8. The van der Waals surface area contributed by atoms with E-state index in [1.165, 1.54) is 5.56 Å². The van der Waals surface area contributed by atoms with Crippen LogP contribution in [-0.2, 0) is 35.4 Å². The smallest absolute Gasteiger partial charge is 0.407 e. The van der Waals surface area contributed by atoms with Gasteiger partial charge in [0, 0.05) is 32.2 Å². The molecule has 1 heterocycles. The summed E-state index contributed by atoms with van der Waals surface area (Å²) < 4.78 is 12.6. The van der Waals surface area contributed by atoms with E-state index in [2.05, 4.69) is 46.4 Å². The standard InChI is InChI=1S/C25H33N3O3/c1-25(2,3)31-24(29)26-18-20-11-13-21-22(14-12-19-9-6-5-7-10-19)27-28(23(21)17-20)15-8-16-30-4/h5-7,9-11,13,17H,8,12,14-16,18H2,1-4H3,(H,26,29). The van der Waals surface area contributed by atoms with Gasteiger partial charge in [-0.15, -0.1) is 0 Å². The molecule has 0 radical (unpaired) electrons. The van der Waals surface area contributed by atoms with Crippen molar-refractivity contribution in [3.8, 4) is 0 Å². The molecule has 6 heteroatoms. The lowest BCUT2D eigenvalue weighted by Crippen LogP contribution is -2.32. The molecule has 0 aliphatic carbocycles. The molecular weight excluding hydrogens is 390 g/mol. The Balaban J connectivity index is 1.77. The Kier molecular flexibility index (Phi) is 7.69. The first-order valence-corrected chi connectivity index (χ1v) is 10.8. The molecule has 0 aliphatic heterocycles. The van der Waals surface area contributed by atoms with Gasteiger partial charge in [0.05, 0.1) is 11.2 Å². The van der Waals surface area contributed by atoms with Gasteiger partial charge in [0.1, 0.15) is 5.60 Å². The molecule has 0 atom stereocenters. The number of ether oxygens (including phenoxy) is 2. The zero-order chi connectivity index (χ0) is 22.3. The first-order chi connectivity index (χ1) is 14.9. The average Bonchev–Trinajstić information content (AvgIpc) is 3.07. The monoisotopic (exact) mass is 423 g/mol. The number of aromatic nitrogens is 2. The maximum atomic E-state index is 12.0. The highest BCUT2D eigenvalue weighted by Crippen LogP contribution is 2.22. The number of carbonyl (C=O) groups excluding carboxylic acids is 1. The Labute approximate surface area is 184 Å². The Morgan fingerprint density at radius 3 is 2.55 bits per heavy atom. The largest absolute Gasteiger partial charge is 0.444 e. The van der Waals surface area contributed by atoms with Crippen LogP contribution in [0.15, 0.2) is 48.5 Å². The number of hydrogen-bond donors (Lipinski definition) is 1. The van der Waals surface area contributed by atoms with E-state index < -0.39 is 11.7 Å². The van der Waals surface area contributed by atoms with Crippen molar-refractivity contribution in [2.24, 2.45) is 0 Å². The lowest BCUT2D eigenvalue weighted by atomic mass is 10.0. The fourth-order valence-electron chi connectivity index (χ4n) is 3.51. The molecule has 31 heavy (non-hydrogen) atoms. The number of aryl methyl sites for hydroxylation is 3. The third kappa shape index (κ3) is 6.82. The van der Waals surface area contributed by atoms with Crippen LogP contribution >= 0.6 is 0 Å². The van der Waals surface area contributed by atoms with Crippen LogP contribution in [0.4, 0.5) is 4.79 Å². The average molecular weight is 424 g/mol. The molecule has 0 unspecified atom stereocenters. The number of hydrogen-bond acceptors (Lipinski definition) is 4. The molecule has 1 N–H and O–H groups in total. The summed E-state index contributed by atoms with van der Waals surface area (Å²) >= 11 is 0. The number of fused-ring (bicyclic) bond motifs is 1. The van der Waals surface area contributed by atoms with Crippen molar-refractivity contribution < 1.29 is 14.3 Å². The quantitative estimate of drug-likeness (QED) is 0.498. The zero-order valence-corrected chi connectivity index (χ0v) is 19.0. The van der Waals surface area contributed by atoms with E-state index in [1.807, 2.05) is 32.9 Å². The molecule has 0 aliphatic rings. The Morgan fingerprint density at radius 2 is 1.84 bits per heavy atom. The van der Waals surface area contributed by atoms with Gasteiger partial charge in [-0.05, 0) is 57.2 Å². The minimum absolute atomic E-state index is 0.410. The number of methoxy groups -OCH3 is 1. The van der Waals surface area contributed by atoms with Gasteiger partial charge in [0.15, 0.2) is 0 Å². The molecule has 0 fully saturated rings. The van der Waals surface area contributed by atoms with Crippen LogP contribution in [0.1, 0.15) is 44.0 Å². The summed E-state index contributed by atoms with van der Waals surface area (Å²) in [5.74, 6) is 0. The Morgan fingerprint density at radius 1 is 1.06 bits per heavy atom. The maximum Gasteiger partial charge on any atom is 0.407 e. The highest BCUT2D eigenvalue weighted by atomic mass is 16.6. The number of benzene rings is 2. The van der Waals surface area contributed by atoms with Gasteiger partial charge in [-0.25, -0.2) is 4.79 Å². The van der Waals surface area contributed by atoms with Crippen molar-refractivity contribution in [1.29, 1.82) is 0 Å². The van der Waals surface area contributed by atoms with E-state index in [-0.39, 0.29) is 0 Å². The fourth-order valence-corrected chi connectivity index (χ4v) is 3.51. The van der Waals surface area contributed by atoms with Gasteiger partial charge in [0.2, 0.25) is 0 Å². The Hall–Kier alpha value is -2.86. The van der Waals surface area contributed by atoms with Crippen molar-refractivity contribution >= 4 is 17.0 Å². The van der Waals surface area contributed by atoms with E-state index in [4.69, 9.17) is 14.6 Å². The molecule has 1 amide bonds. The maximum absolute atomic E-state index is 12.0. The number of nitrogens with zero attached hydrogens (tertiary/aromatic N) is 2. The number of rotatable bonds is 9. The summed E-state index contributed by atoms with van der Waals surface area (Å²) in [6, 6.07) is 16.8. The summed E-state index contributed by atoms with van der Waals surface area (Å²) in [4.78, 5) is 12.0. The normalized spacial score (nSPS) is 11.6. The van der Waals surface area contributed by atoms with E-state index >= 15 is 0 Å². The summed E-state index contributed by atoms with van der Waals surface area (Å²) in [6.45, 7) is 7.46. The molecule has 1 aromatic heterocycles. The second-order valence-corrected chi connectivity index (χ2v) is 8.71. The molecule has 0 bridgehead atoms. The van der Waals surface area contributed by atoms with Gasteiger partial charge in [-0.3, -0.25) is 4.68 Å². The molecule has 0 saturated heterocycles. The molecule has 3 aromatic rings. The summed E-state index contributed by atoms with van der Waals surface area (Å²) in [5.41, 5.74) is 4.00. The number of carbonyl (C=O) groups is 1. The molecule has 2 aromatic carbocycles. The summed E-state index contributed by atoms with van der Waals surface area (Å²) in [6.07, 6.45) is 2.32. The molecular formula is C25H33N3O3. The first kappa shape index (κ1) is 22.8. The van der Waals surface area contributed by atoms with Crippen LogP contribution in [0, 0.1) is 0 Å². The van der Waals surface area contributed by atoms with Gasteiger partial charge >= 0.3 is 6.09 Å². The third-order valence-corrected chi connectivity index (χ3v) is 4.94. The van der Waals surface area contributed by atoms with Gasteiger partial charge in [-0.1, -0.05) is 42.5 Å². The van der Waals surface area contributed by atoms with Crippen LogP contribution in [0.3, 0.4) is 0 Å². The topological polar surface area (TPSA) is 65.4 Å². The number of alkyl carbamates (subject to hydrolysis) is 1. The summed E-state index contributed by atoms with van der Waals surface area (Å²) in [5, 5.41) is 8.91. The van der Waals surface area contributed by atoms with Crippen molar-refractivity contribution in [2.45, 2.75) is 58.7 Å². The van der Waals surface area contributed by atoms with Crippen LogP contribution in [0.25, 0.3) is 10.9 Å². The summed E-state index contributed by atoms with van der Waals surface area (Å²) in [7, 11) is 1.72. The highest BCUT2D eigenvalue weighted by molar-refractivity contribution is 5.83. The van der Waals surface area contributed by atoms with Crippen LogP contribution in [0.5, 0.6) is 0 Å². The van der Waals surface area contributed by atoms with Crippen molar-refractivity contribution in [3.05, 3.63) is 65.4 Å². The van der Waals surface area contributed by atoms with Crippen LogP contribution in [-0.4, -0.2) is 35.2 Å². The van der Waals surface area contributed by atoms with Gasteiger partial charge < -0.3 is 14.8 Å². The Bertz CT molecular complexity index is 990. The SMILES string of the molecule is COCCCn1nc(CCc2ccccc2)c2ccc(CNC(=O)OC(C)(C)C)cc21. The van der Waals surface area contributed by atoms with Crippen molar-refractivity contribution in [3.63, 3.8) is 0 Å². The second kappa shape index (κ2) is 10.4. The molecule has 166 valence electrons. The molecule has 0 spiro atoms. The third-order valence-electron chi connectivity index (χ3n) is 4.94. The van der Waals surface area contributed by atoms with Crippen LogP contribution in [0.2, 0.25) is 0 Å². The number of nitrogens with one attached hydrogen (secondary N) is 1. The minimum atomic E-state index is -0.512. The molecule has 3 rings (SSSR count). The van der Waals surface area contributed by atoms with E-state index in [1.54, 1.807) is 7.11 Å². The van der Waals surface area contributed by atoms with Gasteiger partial charge in [-0.2, -0.15) is 5.10 Å². The minimum Gasteiger partial charge on any atom is -0.444 e. The second-order valence-electron chi connectivity index (χ2n) is 8.71. The van der Waals surface area contributed by atoms with Gasteiger partial charge in [0.25, 0.3) is 0 Å². The van der Waals surface area contributed by atoms with E-state index in [0.29, 0.717) is 13.2 Å². The van der Waals surface area contributed by atoms with E-state index in [0.717, 1.165) is 48.0 Å². The van der Waals surface area contributed by atoms with Crippen LogP contribution < -0.4 is 5.32 Å². The van der Waals surface area contributed by atoms with E-state index in [9.17, 15) is 4.79 Å². The molecule has 6 nitrogen and oxygen atoms in total. The van der Waals surface area contributed by atoms with Crippen molar-refractivity contribution in [2.75, 3.05) is 13.7 Å². The predicted molar refractivity (Wildman–Crippen MR) is 123 cm³/mol. The lowest BCUT2D eigenvalue weighted by molar-refractivity contribution is 0.0523. The number of amides is 1.